The van der Waals surface area contributed by atoms with Gasteiger partial charge in [0, 0.05) is 0 Å². The van der Waals surface area contributed by atoms with E-state index in [1.165, 1.54) is 0 Å². The lowest BCUT2D eigenvalue weighted by atomic mass is 9.99. The van der Waals surface area contributed by atoms with E-state index < -0.39 is 0 Å². The number of piperazine rings is 1. The van der Waals surface area contributed by atoms with Gasteiger partial charge in [-0.05, 0) is 6.42 Å². The van der Waals surface area contributed by atoms with E-state index in [1.807, 2.05) is 32.6 Å². The Labute approximate surface area is 149 Å². The summed E-state index contributed by atoms with van der Waals surface area (Å²) >= 11 is 0. The Morgan fingerprint density at radius 1 is 1.21 bits per heavy atom. The molecule has 0 aromatic rings. The van der Waals surface area contributed by atoms with Gasteiger partial charge in [0.2, 0.25) is 12.3 Å². The molecule has 1 saturated heterocycles. The van der Waals surface area contributed by atoms with Crippen LogP contribution in [0.5, 0.6) is 0 Å². The normalized spacial score (nSPS) is 16.8. The van der Waals surface area contributed by atoms with Crippen molar-refractivity contribution in [1.82, 2.24) is 9.96 Å². The molecule has 0 spiro atoms. The van der Waals surface area contributed by atoms with Crippen LogP contribution in [-0.4, -0.2) is 78.8 Å². The molecule has 1 rings (SSSR count). The second-order valence-corrected chi connectivity index (χ2v) is 6.27. The third kappa shape index (κ3) is 9.88. The summed E-state index contributed by atoms with van der Waals surface area (Å²) in [6, 6.07) is 0. The molecule has 1 aliphatic heterocycles. The molecule has 144 valence electrons. The molecule has 24 heavy (non-hydrogen) atoms. The van der Waals surface area contributed by atoms with E-state index in [4.69, 9.17) is 0 Å². The summed E-state index contributed by atoms with van der Waals surface area (Å²) < 4.78 is 0.934. The first-order valence-corrected chi connectivity index (χ1v) is 9.41. The first kappa shape index (κ1) is 25.1. The molecule has 1 heterocycles. The molecule has 0 radical (unpaired) electrons. The molecule has 0 bridgehead atoms. The zero-order valence-corrected chi connectivity index (χ0v) is 16.9. The predicted molar refractivity (Wildman–Crippen MR) is 98.7 cm³/mol. The van der Waals surface area contributed by atoms with Crippen molar-refractivity contribution >= 4 is 12.3 Å². The lowest BCUT2D eigenvalue weighted by Gasteiger charge is -2.40. The van der Waals surface area contributed by atoms with Crippen LogP contribution in [-0.2, 0) is 9.59 Å². The quantitative estimate of drug-likeness (QED) is 0.334. The van der Waals surface area contributed by atoms with Crippen molar-refractivity contribution in [2.45, 2.75) is 53.9 Å². The van der Waals surface area contributed by atoms with E-state index >= 15 is 0 Å². The molecule has 6 nitrogen and oxygen atoms in total. The summed E-state index contributed by atoms with van der Waals surface area (Å²) in [5.74, 6) is -0.224. The molecule has 1 fully saturated rings. The van der Waals surface area contributed by atoms with Gasteiger partial charge < -0.3 is 9.38 Å². The summed E-state index contributed by atoms with van der Waals surface area (Å²) in [5, 5.41) is 9.93. The minimum Gasteiger partial charge on any atom is -0.331 e. The summed E-state index contributed by atoms with van der Waals surface area (Å²) in [6.45, 7) is 13.6. The van der Waals surface area contributed by atoms with Gasteiger partial charge in [-0.3, -0.25) is 14.8 Å². The maximum atomic E-state index is 12.5. The van der Waals surface area contributed by atoms with Crippen LogP contribution in [0.15, 0.2) is 0 Å². The Hall–Kier alpha value is -1.14. The highest BCUT2D eigenvalue weighted by molar-refractivity contribution is 5.79. The van der Waals surface area contributed by atoms with E-state index in [0.29, 0.717) is 11.5 Å². The molecule has 0 aromatic carbocycles. The molecule has 0 saturated carbocycles. The first-order valence-electron chi connectivity index (χ1n) is 9.41. The second-order valence-electron chi connectivity index (χ2n) is 6.27. The van der Waals surface area contributed by atoms with Crippen LogP contribution in [0, 0.1) is 5.92 Å². The number of likely N-dealkylation sites (N-methyl/N-ethyl adjacent to an activating group) is 1. The number of unbranched alkanes of at least 4 members (excludes halogenated alkanes) is 1. The number of hydrogen-bond acceptors (Lipinski definition) is 3. The smallest absolute Gasteiger partial charge is 0.233 e. The molecule has 1 aliphatic rings. The fourth-order valence-electron chi connectivity index (χ4n) is 2.50. The van der Waals surface area contributed by atoms with Gasteiger partial charge in [0.15, 0.2) is 0 Å². The highest BCUT2D eigenvalue weighted by atomic mass is 16.5. The average Bonchev–Trinajstić information content (AvgIpc) is 2.61. The molecule has 1 N–H and O–H groups in total. The van der Waals surface area contributed by atoms with E-state index in [0.717, 1.165) is 49.9 Å². The Bertz CT molecular complexity index is 325. The molecule has 1 atom stereocenters. The number of nitrogens with zero attached hydrogens (tertiary/aromatic N) is 3. The zero-order valence-electron chi connectivity index (χ0n) is 16.9. The van der Waals surface area contributed by atoms with Crippen LogP contribution in [0.3, 0.4) is 0 Å². The molecular weight excluding hydrogens is 306 g/mol. The van der Waals surface area contributed by atoms with Crippen molar-refractivity contribution in [1.29, 1.82) is 0 Å². The maximum Gasteiger partial charge on any atom is 0.233 e. The fourth-order valence-corrected chi connectivity index (χ4v) is 2.50. The number of quaternary nitrogens is 1. The van der Waals surface area contributed by atoms with Gasteiger partial charge in [0.1, 0.15) is 0 Å². The highest BCUT2D eigenvalue weighted by Gasteiger charge is 2.31. The molecular formula is C18H40N3O3+. The van der Waals surface area contributed by atoms with Crippen LogP contribution in [0.1, 0.15) is 53.9 Å². The average molecular weight is 347 g/mol. The number of rotatable bonds is 7. The number of amides is 2. The number of hydrogen-bond donors (Lipinski definition) is 1. The van der Waals surface area contributed by atoms with Crippen LogP contribution >= 0.6 is 0 Å². The van der Waals surface area contributed by atoms with Crippen LogP contribution in [0.4, 0.5) is 0 Å². The highest BCUT2D eigenvalue weighted by Crippen LogP contribution is 2.16. The number of carbonyl (C=O) groups is 2. The standard InChI is InChI=1S/C14H28N3O3.2C2H6/c1-4-5-6-13(11-16(20)12-18)14(19)15-7-9-17(2,3)10-8-15;2*1-2/h12-13,20H,4-11H2,1-3H3;2*1-2H3/q+1;;. The van der Waals surface area contributed by atoms with Gasteiger partial charge in [0.05, 0.1) is 52.7 Å². The van der Waals surface area contributed by atoms with E-state index in [-0.39, 0.29) is 18.4 Å². The van der Waals surface area contributed by atoms with Gasteiger partial charge in [0.25, 0.3) is 0 Å². The maximum absolute atomic E-state index is 12.5. The largest absolute Gasteiger partial charge is 0.331 e. The van der Waals surface area contributed by atoms with Crippen molar-refractivity contribution < 1.29 is 19.3 Å². The van der Waals surface area contributed by atoms with Crippen molar-refractivity contribution in [2.24, 2.45) is 5.92 Å². The lowest BCUT2D eigenvalue weighted by molar-refractivity contribution is -0.894. The third-order valence-electron chi connectivity index (χ3n) is 4.05. The fraction of sp³-hybridized carbons (Fsp3) is 0.889. The monoisotopic (exact) mass is 346 g/mol. The van der Waals surface area contributed by atoms with Gasteiger partial charge in [-0.1, -0.05) is 47.5 Å². The predicted octanol–water partition coefficient (Wildman–Crippen LogP) is 2.61. The molecule has 0 aromatic heterocycles. The van der Waals surface area contributed by atoms with Crippen LogP contribution in [0.25, 0.3) is 0 Å². The number of carbonyl (C=O) groups excluding carboxylic acids is 2. The lowest BCUT2D eigenvalue weighted by Crippen LogP contribution is -2.57. The Balaban J connectivity index is 0. The van der Waals surface area contributed by atoms with Crippen molar-refractivity contribution in [3.05, 3.63) is 0 Å². The van der Waals surface area contributed by atoms with Gasteiger partial charge in [-0.2, -0.15) is 0 Å². The Morgan fingerprint density at radius 2 is 1.71 bits per heavy atom. The Kier molecular flexibility index (Phi) is 14.9. The molecule has 2 amide bonds. The summed E-state index contributed by atoms with van der Waals surface area (Å²) in [5.41, 5.74) is 0. The number of hydroxylamine groups is 2. The van der Waals surface area contributed by atoms with E-state index in [2.05, 4.69) is 21.0 Å². The van der Waals surface area contributed by atoms with Gasteiger partial charge >= 0.3 is 0 Å². The van der Waals surface area contributed by atoms with Crippen molar-refractivity contribution in [3.63, 3.8) is 0 Å². The summed E-state index contributed by atoms with van der Waals surface area (Å²) in [4.78, 5) is 25.0. The van der Waals surface area contributed by atoms with Crippen molar-refractivity contribution in [2.75, 3.05) is 46.8 Å². The minimum absolute atomic E-state index is 0.0686. The summed E-state index contributed by atoms with van der Waals surface area (Å²) in [6.07, 6.45) is 3.01. The summed E-state index contributed by atoms with van der Waals surface area (Å²) in [7, 11) is 4.33. The van der Waals surface area contributed by atoms with Gasteiger partial charge in [-0.15, -0.1) is 0 Å². The second kappa shape index (κ2) is 14.2. The van der Waals surface area contributed by atoms with Gasteiger partial charge in [-0.25, -0.2) is 5.06 Å². The topological polar surface area (TPSA) is 60.9 Å². The molecule has 0 aliphatic carbocycles. The minimum atomic E-state index is -0.293. The third-order valence-corrected chi connectivity index (χ3v) is 4.05. The van der Waals surface area contributed by atoms with Crippen LogP contribution in [0.2, 0.25) is 0 Å². The van der Waals surface area contributed by atoms with Crippen LogP contribution < -0.4 is 0 Å². The van der Waals surface area contributed by atoms with E-state index in [1.54, 1.807) is 0 Å². The SMILES string of the molecule is CC.CC.CCCCC(CN(O)C=O)C(=O)N1CC[N+](C)(C)CC1. The molecule has 6 heteroatoms. The molecule has 1 unspecified atom stereocenters. The van der Waals surface area contributed by atoms with Crippen molar-refractivity contribution in [3.8, 4) is 0 Å². The van der Waals surface area contributed by atoms with E-state index in [9.17, 15) is 14.8 Å². The Morgan fingerprint density at radius 3 is 2.12 bits per heavy atom. The zero-order chi connectivity index (χ0) is 19.2. The first-order chi connectivity index (χ1) is 11.4.